The van der Waals surface area contributed by atoms with E-state index in [1.165, 1.54) is 25.9 Å². The average Bonchev–Trinajstić information content (AvgIpc) is 2.05. The Morgan fingerprint density at radius 1 is 1.27 bits per heavy atom. The first-order chi connectivity index (χ1) is 5.31. The minimum Gasteiger partial charge on any atom is -0.301 e. The van der Waals surface area contributed by atoms with Crippen molar-refractivity contribution in [3.05, 3.63) is 0 Å². The molecule has 3 rings (SSSR count). The molecule has 4 heteroatoms. The third kappa shape index (κ3) is 1.41. The van der Waals surface area contributed by atoms with Gasteiger partial charge in [-0.05, 0) is 30.9 Å². The Bertz CT molecular complexity index is 153. The zero-order valence-electron chi connectivity index (χ0n) is 6.73. The van der Waals surface area contributed by atoms with E-state index in [0.29, 0.717) is 0 Å². The van der Waals surface area contributed by atoms with Gasteiger partial charge in [0, 0.05) is 25.2 Å². The summed E-state index contributed by atoms with van der Waals surface area (Å²) in [5.41, 5.74) is 0. The van der Waals surface area contributed by atoms with Gasteiger partial charge < -0.3 is 4.90 Å². The molecule has 0 aromatic heterocycles. The Morgan fingerprint density at radius 3 is 2.45 bits per heavy atom. The zero-order valence-corrected chi connectivity index (χ0v) is 8.44. The molecule has 0 N–H and O–H groups in total. The van der Waals surface area contributed by atoms with E-state index in [1.54, 1.807) is 11.0 Å². The van der Waals surface area contributed by atoms with E-state index in [2.05, 4.69) is 27.9 Å². The van der Waals surface area contributed by atoms with Gasteiger partial charge >= 0.3 is 0 Å². The molecule has 0 radical (unpaired) electrons. The molecule has 3 fully saturated rings. The van der Waals surface area contributed by atoms with Gasteiger partial charge in [-0.2, -0.15) is 0 Å². The van der Waals surface area contributed by atoms with Crippen LogP contribution in [-0.2, 0) is 0 Å². The lowest BCUT2D eigenvalue weighted by Gasteiger charge is -2.48. The largest absolute Gasteiger partial charge is 0.301 e. The summed E-state index contributed by atoms with van der Waals surface area (Å²) in [5, 5.41) is 0. The number of piperazine rings is 1. The van der Waals surface area contributed by atoms with Crippen LogP contribution < -0.4 is 0 Å². The van der Waals surface area contributed by atoms with Crippen LogP contribution in [0.3, 0.4) is 0 Å². The molecule has 3 heterocycles. The molecule has 11 heavy (non-hydrogen) atoms. The highest BCUT2D eigenvalue weighted by atomic mass is 33.1. The van der Waals surface area contributed by atoms with Crippen molar-refractivity contribution in [1.29, 1.82) is 0 Å². The molecule has 0 aromatic carbocycles. The molecule has 0 aliphatic carbocycles. The fourth-order valence-electron chi connectivity index (χ4n) is 2.10. The second-order valence-electron chi connectivity index (χ2n) is 3.51. The topological polar surface area (TPSA) is 6.48 Å². The SMILES string of the molecule is CN1CC2CCC1CN2SS. The quantitative estimate of drug-likeness (QED) is 0.378. The zero-order chi connectivity index (χ0) is 7.84. The van der Waals surface area contributed by atoms with Gasteiger partial charge in [0.05, 0.1) is 0 Å². The Labute approximate surface area is 77.3 Å². The van der Waals surface area contributed by atoms with E-state index in [-0.39, 0.29) is 0 Å². The molecule has 0 amide bonds. The molecule has 2 atom stereocenters. The summed E-state index contributed by atoms with van der Waals surface area (Å²) in [4.78, 5) is 2.48. The lowest BCUT2D eigenvalue weighted by molar-refractivity contribution is 0.0497. The number of rotatable bonds is 1. The molecule has 64 valence electrons. The van der Waals surface area contributed by atoms with Gasteiger partial charge in [0.15, 0.2) is 0 Å². The van der Waals surface area contributed by atoms with E-state index in [4.69, 9.17) is 0 Å². The predicted octanol–water partition coefficient (Wildman–Crippen LogP) is 1.26. The van der Waals surface area contributed by atoms with Crippen molar-refractivity contribution < 1.29 is 0 Å². The Morgan fingerprint density at radius 2 is 2.00 bits per heavy atom. The van der Waals surface area contributed by atoms with Crippen molar-refractivity contribution in [2.24, 2.45) is 0 Å². The molecule has 2 nitrogen and oxygen atoms in total. The molecule has 2 bridgehead atoms. The van der Waals surface area contributed by atoms with Gasteiger partial charge in [0.1, 0.15) is 0 Å². The monoisotopic (exact) mass is 190 g/mol. The number of thiol groups is 1. The lowest BCUT2D eigenvalue weighted by Crippen LogP contribution is -2.58. The van der Waals surface area contributed by atoms with Crippen LogP contribution >= 0.6 is 22.6 Å². The highest BCUT2D eigenvalue weighted by molar-refractivity contribution is 8.67. The molecule has 0 aromatic rings. The van der Waals surface area contributed by atoms with Crippen LogP contribution in [0, 0.1) is 0 Å². The van der Waals surface area contributed by atoms with Gasteiger partial charge in [-0.1, -0.05) is 11.7 Å². The molecule has 0 saturated carbocycles. The minimum atomic E-state index is 0.757. The minimum absolute atomic E-state index is 0.757. The number of piperidine rings is 2. The van der Waals surface area contributed by atoms with Crippen molar-refractivity contribution in [2.45, 2.75) is 24.9 Å². The van der Waals surface area contributed by atoms with Crippen LogP contribution in [0.2, 0.25) is 0 Å². The highest BCUT2D eigenvalue weighted by Crippen LogP contribution is 2.33. The van der Waals surface area contributed by atoms with Crippen molar-refractivity contribution in [2.75, 3.05) is 20.1 Å². The van der Waals surface area contributed by atoms with Gasteiger partial charge in [-0.15, -0.1) is 0 Å². The second-order valence-corrected chi connectivity index (χ2v) is 4.63. The third-order valence-corrected chi connectivity index (χ3v) is 4.14. The van der Waals surface area contributed by atoms with Crippen LogP contribution in [0.4, 0.5) is 0 Å². The van der Waals surface area contributed by atoms with Gasteiger partial charge in [0.2, 0.25) is 0 Å². The number of fused-ring (bicyclic) bond motifs is 3. The van der Waals surface area contributed by atoms with E-state index < -0.39 is 0 Å². The van der Waals surface area contributed by atoms with Crippen molar-refractivity contribution in [3.63, 3.8) is 0 Å². The first kappa shape index (κ1) is 8.23. The van der Waals surface area contributed by atoms with E-state index in [9.17, 15) is 0 Å². The van der Waals surface area contributed by atoms with Crippen LogP contribution in [0.15, 0.2) is 0 Å². The molecule has 3 saturated heterocycles. The standard InChI is InChI=1S/C7H14N2S2/c1-8-4-7-3-2-6(8)5-9(7)11-10/h6-7,10H,2-5H2,1H3. The summed E-state index contributed by atoms with van der Waals surface area (Å²) in [7, 11) is 3.85. The normalized spacial score (nSPS) is 39.8. The fraction of sp³-hybridized carbons (Fsp3) is 1.00. The Kier molecular flexibility index (Phi) is 2.37. The lowest BCUT2D eigenvalue weighted by atomic mass is 9.94. The molecule has 0 spiro atoms. The first-order valence-corrected chi connectivity index (χ1v) is 5.92. The Hall–Kier alpha value is 0.620. The number of nitrogens with zero attached hydrogens (tertiary/aromatic N) is 2. The number of hydrogen-bond donors (Lipinski definition) is 1. The van der Waals surface area contributed by atoms with Crippen molar-refractivity contribution >= 4 is 22.6 Å². The molecule has 2 unspecified atom stereocenters. The fourth-order valence-corrected chi connectivity index (χ4v) is 3.24. The maximum Gasteiger partial charge on any atom is 0.0339 e. The predicted molar refractivity (Wildman–Crippen MR) is 52.7 cm³/mol. The van der Waals surface area contributed by atoms with Crippen molar-refractivity contribution in [1.82, 2.24) is 9.21 Å². The maximum atomic E-state index is 4.25. The highest BCUT2D eigenvalue weighted by Gasteiger charge is 2.36. The summed E-state index contributed by atoms with van der Waals surface area (Å²) in [6.45, 7) is 2.44. The molecule has 3 aliphatic heterocycles. The smallest absolute Gasteiger partial charge is 0.0339 e. The van der Waals surface area contributed by atoms with Crippen LogP contribution in [0.1, 0.15) is 12.8 Å². The second kappa shape index (κ2) is 3.17. The molecular weight excluding hydrogens is 176 g/mol. The summed E-state index contributed by atoms with van der Waals surface area (Å²) in [6.07, 6.45) is 2.74. The van der Waals surface area contributed by atoms with E-state index in [0.717, 1.165) is 12.1 Å². The van der Waals surface area contributed by atoms with Gasteiger partial charge in [0.25, 0.3) is 0 Å². The summed E-state index contributed by atoms with van der Waals surface area (Å²) >= 11 is 4.25. The maximum absolute atomic E-state index is 4.25. The summed E-state index contributed by atoms with van der Waals surface area (Å²) < 4.78 is 2.41. The van der Waals surface area contributed by atoms with Crippen LogP contribution in [0.5, 0.6) is 0 Å². The number of likely N-dealkylation sites (N-methyl/N-ethyl adjacent to an activating group) is 1. The van der Waals surface area contributed by atoms with E-state index >= 15 is 0 Å². The summed E-state index contributed by atoms with van der Waals surface area (Å²) in [5.74, 6) is 0. The third-order valence-electron chi connectivity index (χ3n) is 2.86. The molecule has 3 aliphatic rings. The van der Waals surface area contributed by atoms with Gasteiger partial charge in [-0.3, -0.25) is 0 Å². The Balaban J connectivity index is 2.04. The van der Waals surface area contributed by atoms with Crippen LogP contribution in [0.25, 0.3) is 0 Å². The van der Waals surface area contributed by atoms with Crippen molar-refractivity contribution in [3.8, 4) is 0 Å². The molecular formula is C7H14N2S2. The number of hydrogen-bond acceptors (Lipinski definition) is 4. The van der Waals surface area contributed by atoms with Crippen LogP contribution in [-0.4, -0.2) is 41.4 Å². The first-order valence-electron chi connectivity index (χ1n) is 4.09. The van der Waals surface area contributed by atoms with Gasteiger partial charge in [-0.25, -0.2) is 4.31 Å². The van der Waals surface area contributed by atoms with E-state index in [1.807, 2.05) is 0 Å². The average molecular weight is 190 g/mol. The summed E-state index contributed by atoms with van der Waals surface area (Å²) in [6, 6.07) is 1.55.